The van der Waals surface area contributed by atoms with E-state index in [1.807, 2.05) is 11.9 Å². The molecule has 0 fully saturated rings. The normalized spacial score (nSPS) is 17.7. The molecule has 1 heterocycles. The summed E-state index contributed by atoms with van der Waals surface area (Å²) in [4.78, 5) is 11.8. The van der Waals surface area contributed by atoms with Crippen molar-refractivity contribution in [2.45, 2.75) is 20.3 Å². The third kappa shape index (κ3) is 4.63. The first-order valence-electron chi connectivity index (χ1n) is 6.97. The van der Waals surface area contributed by atoms with Crippen molar-refractivity contribution in [3.63, 3.8) is 0 Å². The standard InChI is InChI=1S/C14H17N4O4P/c1-3-21-23(20,22-4-2)9-10-5-13(19)18-14(12(10)8-17)11(6-15)7-16/h10,15H,3-5,9H2,1-2H3,(H,18,19). The molecular formula is C14H17N4O4P. The van der Waals surface area contributed by atoms with Gasteiger partial charge in [-0.3, -0.25) is 14.8 Å². The number of rotatable bonds is 7. The summed E-state index contributed by atoms with van der Waals surface area (Å²) < 4.78 is 23.0. The Morgan fingerprint density at radius 3 is 2.43 bits per heavy atom. The maximum Gasteiger partial charge on any atom is 0.331 e. The Morgan fingerprint density at radius 2 is 2.00 bits per heavy atom. The predicted octanol–water partition coefficient (Wildman–Crippen LogP) is 1.86. The molecule has 0 saturated heterocycles. The van der Waals surface area contributed by atoms with Crippen LogP contribution in [0.25, 0.3) is 0 Å². The first-order valence-corrected chi connectivity index (χ1v) is 8.69. The van der Waals surface area contributed by atoms with Crippen molar-refractivity contribution in [1.29, 1.82) is 15.9 Å². The minimum Gasteiger partial charge on any atom is -0.323 e. The quantitative estimate of drug-likeness (QED) is 0.414. The summed E-state index contributed by atoms with van der Waals surface area (Å²) in [6.07, 6.45) is -0.224. The van der Waals surface area contributed by atoms with E-state index in [-0.39, 0.29) is 42.6 Å². The summed E-state index contributed by atoms with van der Waals surface area (Å²) in [6.45, 7) is 3.66. The van der Waals surface area contributed by atoms with Gasteiger partial charge in [-0.05, 0) is 19.7 Å². The average Bonchev–Trinajstić information content (AvgIpc) is 2.48. The lowest BCUT2D eigenvalue weighted by Crippen LogP contribution is -2.35. The molecule has 0 aromatic rings. The molecule has 1 amide bonds. The van der Waals surface area contributed by atoms with Crippen molar-refractivity contribution in [2.24, 2.45) is 5.92 Å². The molecule has 1 atom stereocenters. The summed E-state index contributed by atoms with van der Waals surface area (Å²) in [6, 6.07) is 3.62. The lowest BCUT2D eigenvalue weighted by Gasteiger charge is -2.27. The highest BCUT2D eigenvalue weighted by Gasteiger charge is 2.36. The van der Waals surface area contributed by atoms with Gasteiger partial charge in [0.25, 0.3) is 0 Å². The van der Waals surface area contributed by atoms with E-state index in [9.17, 15) is 14.6 Å². The summed E-state index contributed by atoms with van der Waals surface area (Å²) in [7, 11) is -3.46. The summed E-state index contributed by atoms with van der Waals surface area (Å²) in [5, 5.41) is 27.9. The van der Waals surface area contributed by atoms with Crippen LogP contribution in [0.4, 0.5) is 0 Å². The maximum absolute atomic E-state index is 12.6. The first-order chi connectivity index (χ1) is 10.9. The Labute approximate surface area is 134 Å². The molecule has 0 saturated carbocycles. The van der Waals surface area contributed by atoms with E-state index in [0.717, 1.165) is 0 Å². The van der Waals surface area contributed by atoms with E-state index in [1.54, 1.807) is 19.9 Å². The van der Waals surface area contributed by atoms with Gasteiger partial charge in [0.15, 0.2) is 0 Å². The average molecular weight is 336 g/mol. The number of hydrogen-bond acceptors (Lipinski definition) is 7. The predicted molar refractivity (Wildman–Crippen MR) is 81.5 cm³/mol. The highest BCUT2D eigenvalue weighted by atomic mass is 31.2. The van der Waals surface area contributed by atoms with Crippen molar-refractivity contribution < 1.29 is 18.4 Å². The van der Waals surface area contributed by atoms with Crippen LogP contribution in [0.1, 0.15) is 20.3 Å². The van der Waals surface area contributed by atoms with E-state index in [2.05, 4.69) is 5.32 Å². The van der Waals surface area contributed by atoms with Crippen LogP contribution in [0.3, 0.4) is 0 Å². The molecule has 2 N–H and O–H groups in total. The molecule has 1 rings (SSSR count). The summed E-state index contributed by atoms with van der Waals surface area (Å²) in [5.74, 6) is 0.734. The number of hydrogen-bond donors (Lipinski definition) is 2. The lowest BCUT2D eigenvalue weighted by molar-refractivity contribution is -0.121. The van der Waals surface area contributed by atoms with Crippen molar-refractivity contribution in [2.75, 3.05) is 19.4 Å². The van der Waals surface area contributed by atoms with E-state index in [0.29, 0.717) is 0 Å². The molecule has 0 aromatic heterocycles. The zero-order chi connectivity index (χ0) is 17.5. The van der Waals surface area contributed by atoms with Gasteiger partial charge >= 0.3 is 7.60 Å². The molecule has 23 heavy (non-hydrogen) atoms. The van der Waals surface area contributed by atoms with Gasteiger partial charge in [-0.2, -0.15) is 10.5 Å². The second-order valence-electron chi connectivity index (χ2n) is 4.59. The van der Waals surface area contributed by atoms with E-state index in [1.165, 1.54) is 0 Å². The largest absolute Gasteiger partial charge is 0.331 e. The first kappa shape index (κ1) is 18.8. The number of allylic oxidation sites excluding steroid dienone is 2. The maximum atomic E-state index is 12.6. The molecule has 1 aliphatic rings. The van der Waals surface area contributed by atoms with Gasteiger partial charge in [0.05, 0.1) is 36.7 Å². The van der Waals surface area contributed by atoms with Gasteiger partial charge in [0.2, 0.25) is 5.91 Å². The molecule has 0 aliphatic carbocycles. The molecular weight excluding hydrogens is 319 g/mol. The summed E-state index contributed by atoms with van der Waals surface area (Å²) >= 11 is 0. The Balaban J connectivity index is 3.29. The van der Waals surface area contributed by atoms with Crippen LogP contribution in [0.2, 0.25) is 0 Å². The monoisotopic (exact) mass is 336 g/mol. The minimum absolute atomic E-state index is 0.0641. The van der Waals surface area contributed by atoms with Crippen molar-refractivity contribution in [1.82, 2.24) is 5.32 Å². The van der Waals surface area contributed by atoms with Crippen LogP contribution in [-0.2, 0) is 18.4 Å². The highest BCUT2D eigenvalue weighted by Crippen LogP contribution is 2.51. The van der Waals surface area contributed by atoms with Crippen LogP contribution in [0.15, 0.2) is 16.8 Å². The molecule has 122 valence electrons. The van der Waals surface area contributed by atoms with Crippen LogP contribution in [-0.4, -0.2) is 31.2 Å². The third-order valence-electron chi connectivity index (χ3n) is 3.08. The van der Waals surface area contributed by atoms with Gasteiger partial charge < -0.3 is 14.4 Å². The molecule has 0 bridgehead atoms. The zero-order valence-corrected chi connectivity index (χ0v) is 13.8. The van der Waals surface area contributed by atoms with E-state index in [4.69, 9.17) is 19.7 Å². The molecule has 0 spiro atoms. The van der Waals surface area contributed by atoms with E-state index < -0.39 is 19.4 Å². The summed E-state index contributed by atoms with van der Waals surface area (Å²) in [5.41, 5.74) is -0.256. The molecule has 0 aromatic carbocycles. The fourth-order valence-corrected chi connectivity index (χ4v) is 4.16. The Bertz CT molecular complexity index is 685. The van der Waals surface area contributed by atoms with E-state index >= 15 is 0 Å². The second kappa shape index (κ2) is 8.43. The van der Waals surface area contributed by atoms with Gasteiger partial charge in [-0.25, -0.2) is 0 Å². The van der Waals surface area contributed by atoms with Crippen molar-refractivity contribution in [3.05, 3.63) is 16.8 Å². The van der Waals surface area contributed by atoms with Gasteiger partial charge in [0, 0.05) is 12.3 Å². The van der Waals surface area contributed by atoms with Crippen LogP contribution < -0.4 is 5.32 Å². The van der Waals surface area contributed by atoms with Gasteiger partial charge in [-0.1, -0.05) is 0 Å². The molecule has 1 aliphatic heterocycles. The number of nitrogens with zero attached hydrogens (tertiary/aromatic N) is 2. The fourth-order valence-electron chi connectivity index (χ4n) is 2.24. The lowest BCUT2D eigenvalue weighted by atomic mass is 9.90. The molecule has 9 heteroatoms. The van der Waals surface area contributed by atoms with Gasteiger partial charge in [0.1, 0.15) is 11.6 Å². The fraction of sp³-hybridized carbons (Fsp3) is 0.500. The SMILES string of the molecule is CCOP(=O)(CC1CC(=O)NC(C(=C=N)C#N)=C1C#N)OCC. The van der Waals surface area contributed by atoms with Crippen molar-refractivity contribution >= 4 is 19.4 Å². The third-order valence-corrected chi connectivity index (χ3v) is 5.27. The number of nitrogens with one attached hydrogen (secondary N) is 2. The van der Waals surface area contributed by atoms with Crippen molar-refractivity contribution in [3.8, 4) is 12.1 Å². The Morgan fingerprint density at radius 1 is 1.39 bits per heavy atom. The number of carbonyl (C=O) groups is 1. The number of nitriles is 2. The molecule has 8 nitrogen and oxygen atoms in total. The Hall–Kier alpha value is -2.21. The second-order valence-corrected chi connectivity index (χ2v) is 6.69. The smallest absolute Gasteiger partial charge is 0.323 e. The molecule has 1 unspecified atom stereocenters. The zero-order valence-electron chi connectivity index (χ0n) is 12.9. The minimum atomic E-state index is -3.46. The number of amides is 1. The van der Waals surface area contributed by atoms with Crippen LogP contribution in [0, 0.1) is 34.0 Å². The number of carbonyl (C=O) groups excluding carboxylic acids is 1. The Kier molecular flexibility index (Phi) is 6.90. The topological polar surface area (TPSA) is 136 Å². The highest BCUT2D eigenvalue weighted by molar-refractivity contribution is 7.53. The molecule has 0 radical (unpaired) electrons. The van der Waals surface area contributed by atoms with Crippen LogP contribution >= 0.6 is 7.60 Å². The van der Waals surface area contributed by atoms with Gasteiger partial charge in [-0.15, -0.1) is 0 Å². The van der Waals surface area contributed by atoms with Crippen LogP contribution in [0.5, 0.6) is 0 Å².